The van der Waals surface area contributed by atoms with Crippen molar-refractivity contribution in [2.45, 2.75) is 31.0 Å². The summed E-state index contributed by atoms with van der Waals surface area (Å²) in [4.78, 5) is 13.6. The molecule has 0 aliphatic carbocycles. The van der Waals surface area contributed by atoms with Crippen molar-refractivity contribution >= 4 is 21.8 Å². The minimum atomic E-state index is -0.491. The first kappa shape index (κ1) is 12.0. The van der Waals surface area contributed by atoms with E-state index >= 15 is 0 Å². The first-order valence-corrected chi connectivity index (χ1v) is 5.78. The van der Waals surface area contributed by atoms with Crippen molar-refractivity contribution in [1.82, 2.24) is 4.90 Å². The van der Waals surface area contributed by atoms with Crippen molar-refractivity contribution in [3.05, 3.63) is 0 Å². The Morgan fingerprint density at radius 3 is 2.36 bits per heavy atom. The molecule has 2 nitrogen and oxygen atoms in total. The third-order valence-electron chi connectivity index (χ3n) is 2.63. The molecule has 0 atom stereocenters. The van der Waals surface area contributed by atoms with Crippen molar-refractivity contribution in [3.63, 3.8) is 0 Å². The SMILES string of the molecule is CC(C)(Br)C(=O)N1CCC(CF)CC1. The molecule has 0 radical (unpaired) electrons. The molecule has 1 saturated heterocycles. The van der Waals surface area contributed by atoms with E-state index in [1.807, 2.05) is 18.7 Å². The van der Waals surface area contributed by atoms with Crippen LogP contribution < -0.4 is 0 Å². The molecule has 1 heterocycles. The molecule has 14 heavy (non-hydrogen) atoms. The van der Waals surface area contributed by atoms with Gasteiger partial charge >= 0.3 is 0 Å². The van der Waals surface area contributed by atoms with E-state index in [2.05, 4.69) is 15.9 Å². The fraction of sp³-hybridized carbons (Fsp3) is 0.900. The van der Waals surface area contributed by atoms with Gasteiger partial charge in [-0.05, 0) is 32.6 Å². The zero-order valence-electron chi connectivity index (χ0n) is 8.72. The van der Waals surface area contributed by atoms with Crippen LogP contribution in [0, 0.1) is 5.92 Å². The van der Waals surface area contributed by atoms with Crippen LogP contribution in [0.3, 0.4) is 0 Å². The highest BCUT2D eigenvalue weighted by atomic mass is 79.9. The van der Waals surface area contributed by atoms with Crippen LogP contribution in [0.25, 0.3) is 0 Å². The van der Waals surface area contributed by atoms with Gasteiger partial charge in [0.2, 0.25) is 5.91 Å². The molecule has 0 aromatic heterocycles. The Balaban J connectivity index is 2.46. The maximum Gasteiger partial charge on any atom is 0.238 e. The molecule has 0 unspecified atom stereocenters. The van der Waals surface area contributed by atoms with Crippen molar-refractivity contribution in [1.29, 1.82) is 0 Å². The lowest BCUT2D eigenvalue weighted by Gasteiger charge is -2.34. The van der Waals surface area contributed by atoms with E-state index in [-0.39, 0.29) is 18.5 Å². The summed E-state index contributed by atoms with van der Waals surface area (Å²) in [5, 5.41) is 0. The Bertz CT molecular complexity index is 207. The van der Waals surface area contributed by atoms with Gasteiger partial charge in [-0.3, -0.25) is 9.18 Å². The zero-order valence-corrected chi connectivity index (χ0v) is 10.3. The van der Waals surface area contributed by atoms with Crippen LogP contribution in [0.2, 0.25) is 0 Å². The second-order valence-electron chi connectivity index (χ2n) is 4.36. The van der Waals surface area contributed by atoms with Crippen LogP contribution in [0.5, 0.6) is 0 Å². The summed E-state index contributed by atoms with van der Waals surface area (Å²) in [5.74, 6) is 0.271. The summed E-state index contributed by atoms with van der Waals surface area (Å²) in [6, 6.07) is 0. The number of likely N-dealkylation sites (tertiary alicyclic amines) is 1. The van der Waals surface area contributed by atoms with Crippen LogP contribution in [0.4, 0.5) is 4.39 Å². The Kier molecular flexibility index (Phi) is 3.93. The maximum absolute atomic E-state index is 12.3. The second-order valence-corrected chi connectivity index (χ2v) is 6.34. The molecule has 4 heteroatoms. The van der Waals surface area contributed by atoms with Gasteiger partial charge in [-0.25, -0.2) is 0 Å². The Hall–Kier alpha value is -0.120. The first-order valence-electron chi connectivity index (χ1n) is 4.99. The molecule has 1 aliphatic rings. The van der Waals surface area contributed by atoms with E-state index in [4.69, 9.17) is 0 Å². The topological polar surface area (TPSA) is 20.3 Å². The molecule has 1 amide bonds. The largest absolute Gasteiger partial charge is 0.341 e. The number of hydrogen-bond donors (Lipinski definition) is 0. The highest BCUT2D eigenvalue weighted by Crippen LogP contribution is 2.24. The highest BCUT2D eigenvalue weighted by molar-refractivity contribution is 9.10. The van der Waals surface area contributed by atoms with Gasteiger partial charge in [0, 0.05) is 13.1 Å². The summed E-state index contributed by atoms with van der Waals surface area (Å²) in [6.45, 7) is 4.83. The van der Waals surface area contributed by atoms with Gasteiger partial charge in [0.1, 0.15) is 0 Å². The molecular weight excluding hydrogens is 249 g/mol. The fourth-order valence-corrected chi connectivity index (χ4v) is 1.92. The average molecular weight is 266 g/mol. The van der Waals surface area contributed by atoms with E-state index < -0.39 is 4.32 Å². The number of carbonyl (C=O) groups is 1. The third-order valence-corrected chi connectivity index (χ3v) is 2.97. The van der Waals surface area contributed by atoms with Crippen molar-refractivity contribution < 1.29 is 9.18 Å². The lowest BCUT2D eigenvalue weighted by atomic mass is 9.97. The van der Waals surface area contributed by atoms with Gasteiger partial charge in [0.15, 0.2) is 0 Å². The molecule has 1 aliphatic heterocycles. The average Bonchev–Trinajstić information content (AvgIpc) is 2.15. The Morgan fingerprint density at radius 2 is 2.00 bits per heavy atom. The highest BCUT2D eigenvalue weighted by Gasteiger charge is 2.31. The molecule has 82 valence electrons. The minimum absolute atomic E-state index is 0.106. The first-order chi connectivity index (χ1) is 6.45. The summed E-state index contributed by atoms with van der Waals surface area (Å²) >= 11 is 3.35. The van der Waals surface area contributed by atoms with Crippen LogP contribution in [0.1, 0.15) is 26.7 Å². The molecule has 0 aromatic carbocycles. The molecule has 0 saturated carbocycles. The maximum atomic E-state index is 12.3. The normalized spacial score (nSPS) is 19.9. The van der Waals surface area contributed by atoms with Gasteiger partial charge in [-0.1, -0.05) is 15.9 Å². The van der Waals surface area contributed by atoms with Crippen molar-refractivity contribution in [2.24, 2.45) is 5.92 Å². The molecule has 0 bridgehead atoms. The van der Waals surface area contributed by atoms with Crippen LogP contribution >= 0.6 is 15.9 Å². The van der Waals surface area contributed by atoms with Gasteiger partial charge in [-0.2, -0.15) is 0 Å². The van der Waals surface area contributed by atoms with Gasteiger partial charge in [0.05, 0.1) is 11.0 Å². The van der Waals surface area contributed by atoms with E-state index in [1.54, 1.807) is 0 Å². The summed E-state index contributed by atoms with van der Waals surface area (Å²) < 4.78 is 11.8. The number of piperidine rings is 1. The van der Waals surface area contributed by atoms with Gasteiger partial charge < -0.3 is 4.90 Å². The minimum Gasteiger partial charge on any atom is -0.341 e. The van der Waals surface area contributed by atoms with Crippen molar-refractivity contribution in [3.8, 4) is 0 Å². The smallest absolute Gasteiger partial charge is 0.238 e. The van der Waals surface area contributed by atoms with Crippen LogP contribution in [0.15, 0.2) is 0 Å². The molecular formula is C10H17BrFNO. The summed E-state index contributed by atoms with van der Waals surface area (Å²) in [6.07, 6.45) is 1.59. The molecule has 1 rings (SSSR count). The van der Waals surface area contributed by atoms with Crippen LogP contribution in [-0.4, -0.2) is 34.9 Å². The molecule has 1 fully saturated rings. The van der Waals surface area contributed by atoms with Crippen molar-refractivity contribution in [2.75, 3.05) is 19.8 Å². The summed E-state index contributed by atoms with van der Waals surface area (Å²) in [5.41, 5.74) is 0. The quantitative estimate of drug-likeness (QED) is 0.703. The zero-order chi connectivity index (χ0) is 10.8. The van der Waals surface area contributed by atoms with E-state index in [1.165, 1.54) is 0 Å². The van der Waals surface area contributed by atoms with E-state index in [0.717, 1.165) is 12.8 Å². The number of amides is 1. The number of hydrogen-bond acceptors (Lipinski definition) is 1. The van der Waals surface area contributed by atoms with E-state index in [9.17, 15) is 9.18 Å². The molecule has 0 spiro atoms. The lowest BCUT2D eigenvalue weighted by molar-refractivity contribution is -0.134. The van der Waals surface area contributed by atoms with E-state index in [0.29, 0.717) is 13.1 Å². The Labute approximate surface area is 93.0 Å². The number of rotatable bonds is 2. The number of alkyl halides is 2. The number of halogens is 2. The number of carbonyl (C=O) groups excluding carboxylic acids is 1. The fourth-order valence-electron chi connectivity index (χ4n) is 1.67. The third kappa shape index (κ3) is 2.94. The van der Waals surface area contributed by atoms with Crippen LogP contribution in [-0.2, 0) is 4.79 Å². The van der Waals surface area contributed by atoms with Gasteiger partial charge in [0.25, 0.3) is 0 Å². The molecule has 0 N–H and O–H groups in total. The summed E-state index contributed by atoms with van der Waals surface area (Å²) in [7, 11) is 0. The monoisotopic (exact) mass is 265 g/mol. The second kappa shape index (κ2) is 4.60. The lowest BCUT2D eigenvalue weighted by Crippen LogP contribution is -2.46. The predicted molar refractivity (Wildman–Crippen MR) is 58.3 cm³/mol. The standard InChI is InChI=1S/C10H17BrFNO/c1-10(2,11)9(14)13-5-3-8(7-12)4-6-13/h8H,3-7H2,1-2H3. The predicted octanol–water partition coefficient (Wildman–Crippen LogP) is 2.37. The van der Waals surface area contributed by atoms with Gasteiger partial charge in [-0.15, -0.1) is 0 Å². The Morgan fingerprint density at radius 1 is 1.50 bits per heavy atom. The molecule has 0 aromatic rings. The number of nitrogens with zero attached hydrogens (tertiary/aromatic N) is 1.